The molecule has 0 saturated heterocycles. The molecule has 0 aromatic heterocycles. The first-order chi connectivity index (χ1) is 6.82. The number of sulfone groups is 1. The summed E-state index contributed by atoms with van der Waals surface area (Å²) >= 11 is 11.7. The molecule has 1 aliphatic carbocycles. The van der Waals surface area contributed by atoms with Gasteiger partial charge in [-0.05, 0) is 13.0 Å². The second kappa shape index (κ2) is 4.17. The molecule has 82 valence electrons. The van der Waals surface area contributed by atoms with E-state index in [1.807, 2.05) is 0 Å². The molecule has 15 heavy (non-hydrogen) atoms. The molecular weight excluding hydrogens is 257 g/mol. The quantitative estimate of drug-likeness (QED) is 0.718. The first kappa shape index (κ1) is 12.6. The second-order valence-corrected chi connectivity index (χ2v) is 7.04. The van der Waals surface area contributed by atoms with Crippen LogP contribution in [-0.4, -0.2) is 23.3 Å². The summed E-state index contributed by atoms with van der Waals surface area (Å²) in [4.78, 5) is 0. The predicted molar refractivity (Wildman–Crippen MR) is 60.5 cm³/mol. The normalized spacial score (nSPS) is 25.9. The van der Waals surface area contributed by atoms with Gasteiger partial charge < -0.3 is 0 Å². The van der Waals surface area contributed by atoms with E-state index in [1.165, 1.54) is 19.1 Å². The van der Waals surface area contributed by atoms with Crippen molar-refractivity contribution in [2.75, 3.05) is 0 Å². The van der Waals surface area contributed by atoms with E-state index in [2.05, 4.69) is 0 Å². The van der Waals surface area contributed by atoms with Gasteiger partial charge in [-0.2, -0.15) is 5.26 Å². The van der Waals surface area contributed by atoms with Gasteiger partial charge in [0.2, 0.25) is 0 Å². The Kier molecular flexibility index (Phi) is 3.49. The number of allylic oxidation sites excluding steroid dienone is 3. The maximum absolute atomic E-state index is 11.9. The highest BCUT2D eigenvalue weighted by atomic mass is 35.5. The average Bonchev–Trinajstić information content (AvgIpc) is 2.15. The first-order valence-corrected chi connectivity index (χ1v) is 6.55. The molecule has 2 atom stereocenters. The summed E-state index contributed by atoms with van der Waals surface area (Å²) in [5, 5.41) is 6.41. The minimum absolute atomic E-state index is 1.08. The average molecular weight is 266 g/mol. The summed E-state index contributed by atoms with van der Waals surface area (Å²) < 4.78 is 22.2. The Morgan fingerprint density at radius 1 is 1.47 bits per heavy atom. The lowest BCUT2D eigenvalue weighted by molar-refractivity contribution is 0.582. The summed E-state index contributed by atoms with van der Waals surface area (Å²) in [7, 11) is -3.68. The standard InChI is InChI=1S/C9H9Cl2NO2S/c1-7(6-12)15(13,14)8-4-2-3-5-9(8,10)11/h2-5,7-8H,1H3. The molecule has 0 fully saturated rings. The Morgan fingerprint density at radius 3 is 2.53 bits per heavy atom. The molecule has 6 heteroatoms. The topological polar surface area (TPSA) is 57.9 Å². The van der Waals surface area contributed by atoms with Crippen molar-refractivity contribution in [2.24, 2.45) is 0 Å². The van der Waals surface area contributed by atoms with Gasteiger partial charge in [-0.25, -0.2) is 8.42 Å². The second-order valence-electron chi connectivity index (χ2n) is 3.20. The molecule has 1 aliphatic rings. The maximum atomic E-state index is 11.9. The van der Waals surface area contributed by atoms with Crippen molar-refractivity contribution in [3.05, 3.63) is 24.3 Å². The summed E-state index contributed by atoms with van der Waals surface area (Å²) in [5.41, 5.74) is 0. The van der Waals surface area contributed by atoms with Gasteiger partial charge in [-0.15, -0.1) is 0 Å². The van der Waals surface area contributed by atoms with E-state index in [4.69, 9.17) is 28.5 Å². The van der Waals surface area contributed by atoms with Crippen LogP contribution < -0.4 is 0 Å². The molecule has 0 aromatic rings. The van der Waals surface area contributed by atoms with E-state index in [9.17, 15) is 8.42 Å². The zero-order chi connectivity index (χ0) is 11.7. The molecule has 0 aromatic carbocycles. The molecule has 3 nitrogen and oxygen atoms in total. The van der Waals surface area contributed by atoms with Crippen molar-refractivity contribution in [3.63, 3.8) is 0 Å². The van der Waals surface area contributed by atoms with E-state index in [1.54, 1.807) is 18.2 Å². The summed E-state index contributed by atoms with van der Waals surface area (Å²) in [6.07, 6.45) is 5.91. The van der Waals surface area contributed by atoms with Crippen LogP contribution in [0.15, 0.2) is 24.3 Å². The number of hydrogen-bond donors (Lipinski definition) is 0. The Morgan fingerprint density at radius 2 is 2.07 bits per heavy atom. The van der Waals surface area contributed by atoms with Crippen LogP contribution in [0.1, 0.15) is 6.92 Å². The number of halogens is 2. The lowest BCUT2D eigenvalue weighted by Crippen LogP contribution is -2.40. The maximum Gasteiger partial charge on any atom is 0.175 e. The summed E-state index contributed by atoms with van der Waals surface area (Å²) in [6, 6.07) is 1.68. The van der Waals surface area contributed by atoms with Crippen LogP contribution in [0.4, 0.5) is 0 Å². The SMILES string of the molecule is CC(C#N)S(=O)(=O)C1C=CC=CC1(Cl)Cl. The highest BCUT2D eigenvalue weighted by Crippen LogP contribution is 2.36. The molecule has 1 rings (SSSR count). The number of rotatable bonds is 2. The fourth-order valence-corrected chi connectivity index (χ4v) is 3.64. The third kappa shape index (κ3) is 2.36. The van der Waals surface area contributed by atoms with Crippen molar-refractivity contribution >= 4 is 33.0 Å². The fourth-order valence-electron chi connectivity index (χ4n) is 1.19. The van der Waals surface area contributed by atoms with Crippen molar-refractivity contribution < 1.29 is 8.42 Å². The minimum atomic E-state index is -3.68. The Labute approximate surface area is 98.9 Å². The summed E-state index contributed by atoms with van der Waals surface area (Å²) in [6.45, 7) is 1.31. The van der Waals surface area contributed by atoms with Gasteiger partial charge in [0.15, 0.2) is 14.2 Å². The third-order valence-electron chi connectivity index (χ3n) is 2.12. The van der Waals surface area contributed by atoms with Crippen LogP contribution in [-0.2, 0) is 9.84 Å². The third-order valence-corrected chi connectivity index (χ3v) is 5.43. The van der Waals surface area contributed by atoms with E-state index < -0.39 is 24.7 Å². The molecule has 0 N–H and O–H groups in total. The lowest BCUT2D eigenvalue weighted by Gasteiger charge is -2.27. The van der Waals surface area contributed by atoms with Gasteiger partial charge >= 0.3 is 0 Å². The van der Waals surface area contributed by atoms with Crippen molar-refractivity contribution in [3.8, 4) is 6.07 Å². The number of nitrogens with zero attached hydrogens (tertiary/aromatic N) is 1. The molecular formula is C9H9Cl2NO2S. The largest absolute Gasteiger partial charge is 0.227 e. The molecule has 0 radical (unpaired) electrons. The number of alkyl halides is 2. The fraction of sp³-hybridized carbons (Fsp3) is 0.444. The molecule has 0 saturated carbocycles. The van der Waals surface area contributed by atoms with Crippen molar-refractivity contribution in [1.82, 2.24) is 0 Å². The molecule has 0 spiro atoms. The first-order valence-electron chi connectivity index (χ1n) is 4.18. The summed E-state index contributed by atoms with van der Waals surface area (Å²) in [5.74, 6) is 0. The Bertz CT molecular complexity index is 445. The van der Waals surface area contributed by atoms with Crippen LogP contribution >= 0.6 is 23.2 Å². The van der Waals surface area contributed by atoms with Gasteiger partial charge in [-0.1, -0.05) is 41.4 Å². The van der Waals surface area contributed by atoms with Gasteiger partial charge in [0, 0.05) is 0 Å². The molecule has 2 unspecified atom stereocenters. The highest BCUT2D eigenvalue weighted by molar-refractivity contribution is 7.93. The number of nitriles is 1. The van der Waals surface area contributed by atoms with Gasteiger partial charge in [-0.3, -0.25) is 0 Å². The van der Waals surface area contributed by atoms with Crippen molar-refractivity contribution in [2.45, 2.75) is 21.8 Å². The molecule has 0 heterocycles. The lowest BCUT2D eigenvalue weighted by atomic mass is 10.2. The minimum Gasteiger partial charge on any atom is -0.227 e. The molecule has 0 aliphatic heterocycles. The zero-order valence-corrected chi connectivity index (χ0v) is 10.2. The predicted octanol–water partition coefficient (Wildman–Crippen LogP) is 1.98. The molecule has 0 amide bonds. The van der Waals surface area contributed by atoms with E-state index in [0.717, 1.165) is 0 Å². The van der Waals surface area contributed by atoms with E-state index in [-0.39, 0.29) is 0 Å². The van der Waals surface area contributed by atoms with Crippen LogP contribution in [0.25, 0.3) is 0 Å². The Balaban J connectivity index is 3.15. The highest BCUT2D eigenvalue weighted by Gasteiger charge is 2.43. The molecule has 0 bridgehead atoms. The monoisotopic (exact) mass is 265 g/mol. The van der Waals surface area contributed by atoms with Gasteiger partial charge in [0.05, 0.1) is 6.07 Å². The van der Waals surface area contributed by atoms with Gasteiger partial charge in [0.25, 0.3) is 0 Å². The number of hydrogen-bond acceptors (Lipinski definition) is 3. The zero-order valence-electron chi connectivity index (χ0n) is 7.89. The Hall–Kier alpha value is -0.500. The van der Waals surface area contributed by atoms with E-state index in [0.29, 0.717) is 0 Å². The van der Waals surface area contributed by atoms with Crippen LogP contribution in [0, 0.1) is 11.3 Å². The van der Waals surface area contributed by atoms with Crippen LogP contribution in [0.3, 0.4) is 0 Å². The van der Waals surface area contributed by atoms with Crippen LogP contribution in [0.5, 0.6) is 0 Å². The van der Waals surface area contributed by atoms with Crippen molar-refractivity contribution in [1.29, 1.82) is 5.26 Å². The smallest absolute Gasteiger partial charge is 0.175 e. The van der Waals surface area contributed by atoms with Gasteiger partial charge in [0.1, 0.15) is 10.5 Å². The van der Waals surface area contributed by atoms with E-state index >= 15 is 0 Å². The van der Waals surface area contributed by atoms with Crippen LogP contribution in [0.2, 0.25) is 0 Å².